The molecule has 0 radical (unpaired) electrons. The summed E-state index contributed by atoms with van der Waals surface area (Å²) in [6, 6.07) is 17.7. The molecule has 1 saturated carbocycles. The predicted octanol–water partition coefficient (Wildman–Crippen LogP) is 5.24. The van der Waals surface area contributed by atoms with E-state index in [-0.39, 0.29) is 23.6 Å². The van der Waals surface area contributed by atoms with Crippen LogP contribution in [0, 0.1) is 6.92 Å². The fraction of sp³-hybridized carbons (Fsp3) is 0.214. The zero-order valence-corrected chi connectivity index (χ0v) is 19.9. The van der Waals surface area contributed by atoms with Crippen LogP contribution in [0.3, 0.4) is 0 Å². The van der Waals surface area contributed by atoms with Gasteiger partial charge in [-0.1, -0.05) is 36.2 Å². The van der Waals surface area contributed by atoms with Crippen molar-refractivity contribution in [2.24, 2.45) is 0 Å². The molecule has 2 amide bonds. The Hall–Kier alpha value is -4.46. The van der Waals surface area contributed by atoms with Gasteiger partial charge in [0.15, 0.2) is 0 Å². The lowest BCUT2D eigenvalue weighted by atomic mass is 9.82. The number of aromatic nitrogens is 3. The molecule has 182 valence electrons. The molecule has 0 unspecified atom stereocenters. The van der Waals surface area contributed by atoms with Crippen molar-refractivity contribution in [3.63, 3.8) is 0 Å². The average molecular weight is 482 g/mol. The van der Waals surface area contributed by atoms with E-state index in [1.54, 1.807) is 36.7 Å². The summed E-state index contributed by atoms with van der Waals surface area (Å²) in [5, 5.41) is 21.0. The van der Waals surface area contributed by atoms with Gasteiger partial charge in [0.2, 0.25) is 0 Å². The number of carbonyl (C=O) groups is 2. The first-order valence-electron chi connectivity index (χ1n) is 12.0. The highest BCUT2D eigenvalue weighted by molar-refractivity contribution is 6.04. The molecule has 0 bridgehead atoms. The first-order valence-corrected chi connectivity index (χ1v) is 12.0. The SMILES string of the molecule is Cc1ccc(CNC(=O)n2nc(-c3ccc(NC(=O)c4ccncc4)cc3O)cc2C2CCC2)cc1. The molecule has 0 spiro atoms. The summed E-state index contributed by atoms with van der Waals surface area (Å²) in [4.78, 5) is 29.4. The number of aryl methyl sites for hydroxylation is 1. The van der Waals surface area contributed by atoms with Crippen LogP contribution in [0.4, 0.5) is 10.5 Å². The summed E-state index contributed by atoms with van der Waals surface area (Å²) < 4.78 is 1.42. The molecule has 0 saturated heterocycles. The molecule has 1 aliphatic rings. The lowest BCUT2D eigenvalue weighted by Gasteiger charge is -2.25. The minimum Gasteiger partial charge on any atom is -0.507 e. The maximum Gasteiger partial charge on any atom is 0.342 e. The normalized spacial score (nSPS) is 13.1. The van der Waals surface area contributed by atoms with E-state index in [1.807, 2.05) is 37.3 Å². The number of benzene rings is 2. The third kappa shape index (κ3) is 4.98. The fourth-order valence-electron chi connectivity index (χ4n) is 4.18. The summed E-state index contributed by atoms with van der Waals surface area (Å²) in [5.41, 5.74) is 4.92. The van der Waals surface area contributed by atoms with E-state index < -0.39 is 0 Å². The number of phenols is 1. The summed E-state index contributed by atoms with van der Waals surface area (Å²) in [6.07, 6.45) is 6.21. The van der Waals surface area contributed by atoms with E-state index in [4.69, 9.17) is 0 Å². The van der Waals surface area contributed by atoms with Crippen molar-refractivity contribution in [3.8, 4) is 17.0 Å². The van der Waals surface area contributed by atoms with Crippen LogP contribution in [0.15, 0.2) is 73.1 Å². The maximum absolute atomic E-state index is 13.1. The Kier molecular flexibility index (Phi) is 6.49. The zero-order chi connectivity index (χ0) is 25.1. The molecule has 36 heavy (non-hydrogen) atoms. The van der Waals surface area contributed by atoms with Crippen LogP contribution in [-0.2, 0) is 6.54 Å². The number of amides is 2. The van der Waals surface area contributed by atoms with Gasteiger partial charge in [0, 0.05) is 47.7 Å². The van der Waals surface area contributed by atoms with Crippen molar-refractivity contribution in [1.82, 2.24) is 20.1 Å². The molecule has 0 atom stereocenters. The van der Waals surface area contributed by atoms with Crippen LogP contribution in [0.2, 0.25) is 0 Å². The van der Waals surface area contributed by atoms with Gasteiger partial charge >= 0.3 is 6.03 Å². The quantitative estimate of drug-likeness (QED) is 0.349. The highest BCUT2D eigenvalue weighted by Crippen LogP contribution is 2.39. The summed E-state index contributed by atoms with van der Waals surface area (Å²) in [5.74, 6) is -0.0730. The number of hydrogen-bond acceptors (Lipinski definition) is 5. The second-order valence-corrected chi connectivity index (χ2v) is 9.06. The summed E-state index contributed by atoms with van der Waals surface area (Å²) >= 11 is 0. The van der Waals surface area contributed by atoms with Gasteiger partial charge in [0.25, 0.3) is 5.91 Å². The second kappa shape index (κ2) is 10.0. The fourth-order valence-corrected chi connectivity index (χ4v) is 4.18. The number of pyridine rings is 1. The molecule has 2 heterocycles. The number of aromatic hydroxyl groups is 1. The lowest BCUT2D eigenvalue weighted by Crippen LogP contribution is -2.31. The number of nitrogens with one attached hydrogen (secondary N) is 2. The molecule has 2 aromatic heterocycles. The number of hydrogen-bond donors (Lipinski definition) is 3. The van der Waals surface area contributed by atoms with Crippen molar-refractivity contribution in [2.45, 2.75) is 38.6 Å². The van der Waals surface area contributed by atoms with Crippen LogP contribution >= 0.6 is 0 Å². The number of rotatable bonds is 6. The highest BCUT2D eigenvalue weighted by atomic mass is 16.3. The van der Waals surface area contributed by atoms with Gasteiger partial charge in [-0.05, 0) is 55.7 Å². The first kappa shape index (κ1) is 23.3. The Labute approximate surface area is 209 Å². The number of carbonyl (C=O) groups excluding carboxylic acids is 2. The molecule has 0 aliphatic heterocycles. The summed E-state index contributed by atoms with van der Waals surface area (Å²) in [6.45, 7) is 2.42. The van der Waals surface area contributed by atoms with Crippen molar-refractivity contribution < 1.29 is 14.7 Å². The summed E-state index contributed by atoms with van der Waals surface area (Å²) in [7, 11) is 0. The van der Waals surface area contributed by atoms with Crippen LogP contribution in [0.5, 0.6) is 5.75 Å². The van der Waals surface area contributed by atoms with Gasteiger partial charge in [-0.2, -0.15) is 9.78 Å². The monoisotopic (exact) mass is 481 g/mol. The minimum absolute atomic E-state index is 0.0348. The molecule has 1 fully saturated rings. The third-order valence-electron chi connectivity index (χ3n) is 6.49. The van der Waals surface area contributed by atoms with Crippen molar-refractivity contribution in [3.05, 3.63) is 95.4 Å². The van der Waals surface area contributed by atoms with Gasteiger partial charge in [-0.3, -0.25) is 9.78 Å². The van der Waals surface area contributed by atoms with E-state index in [0.29, 0.717) is 29.1 Å². The molecule has 3 N–H and O–H groups in total. The Morgan fingerprint density at radius 3 is 2.44 bits per heavy atom. The van der Waals surface area contributed by atoms with Crippen LogP contribution in [-0.4, -0.2) is 31.8 Å². The lowest BCUT2D eigenvalue weighted by molar-refractivity contribution is 0.102. The standard InChI is InChI=1S/C28H27N5O3/c1-18-5-7-19(8-6-18)17-30-28(36)33-25(20-3-2-4-20)16-24(32-33)23-10-9-22(15-26(23)34)31-27(35)21-11-13-29-14-12-21/h5-16,20,34H,2-4,17H2,1H3,(H,30,36)(H,31,35). The molecule has 8 nitrogen and oxygen atoms in total. The molecule has 1 aliphatic carbocycles. The Morgan fingerprint density at radius 1 is 1.03 bits per heavy atom. The first-order chi connectivity index (χ1) is 17.5. The smallest absolute Gasteiger partial charge is 0.342 e. The van der Waals surface area contributed by atoms with Gasteiger partial charge < -0.3 is 15.7 Å². The van der Waals surface area contributed by atoms with E-state index in [9.17, 15) is 14.7 Å². The van der Waals surface area contributed by atoms with Crippen molar-refractivity contribution >= 4 is 17.6 Å². The minimum atomic E-state index is -0.301. The van der Waals surface area contributed by atoms with E-state index in [1.165, 1.54) is 10.7 Å². The van der Waals surface area contributed by atoms with E-state index in [2.05, 4.69) is 20.7 Å². The van der Waals surface area contributed by atoms with Gasteiger partial charge in [0.1, 0.15) is 5.75 Å². The van der Waals surface area contributed by atoms with E-state index in [0.717, 1.165) is 36.1 Å². The second-order valence-electron chi connectivity index (χ2n) is 9.06. The largest absolute Gasteiger partial charge is 0.507 e. The number of phenolic OH excluding ortho intramolecular Hbond substituents is 1. The van der Waals surface area contributed by atoms with E-state index >= 15 is 0 Å². The molecular weight excluding hydrogens is 454 g/mol. The maximum atomic E-state index is 13.1. The van der Waals surface area contributed by atoms with Crippen molar-refractivity contribution in [2.75, 3.05) is 5.32 Å². The van der Waals surface area contributed by atoms with Gasteiger partial charge in [-0.15, -0.1) is 0 Å². The Morgan fingerprint density at radius 2 is 1.78 bits per heavy atom. The number of anilines is 1. The molecule has 5 rings (SSSR count). The van der Waals surface area contributed by atoms with Gasteiger partial charge in [0.05, 0.1) is 11.4 Å². The predicted molar refractivity (Wildman–Crippen MR) is 137 cm³/mol. The van der Waals surface area contributed by atoms with Gasteiger partial charge in [-0.25, -0.2) is 4.79 Å². The Balaban J connectivity index is 1.36. The molecule has 2 aromatic carbocycles. The average Bonchev–Trinajstić information content (AvgIpc) is 3.27. The highest BCUT2D eigenvalue weighted by Gasteiger charge is 2.27. The van der Waals surface area contributed by atoms with Crippen LogP contribution in [0.25, 0.3) is 11.3 Å². The topological polar surface area (TPSA) is 109 Å². The zero-order valence-electron chi connectivity index (χ0n) is 19.9. The molecule has 4 aromatic rings. The van der Waals surface area contributed by atoms with Crippen LogP contribution < -0.4 is 10.6 Å². The number of nitrogens with zero attached hydrogens (tertiary/aromatic N) is 3. The van der Waals surface area contributed by atoms with Crippen molar-refractivity contribution in [1.29, 1.82) is 0 Å². The molecular formula is C28H27N5O3. The Bertz CT molecular complexity index is 1390. The van der Waals surface area contributed by atoms with Crippen LogP contribution in [0.1, 0.15) is 52.4 Å². The third-order valence-corrected chi connectivity index (χ3v) is 6.49. The molecule has 8 heteroatoms.